The molecule has 0 N–H and O–H groups in total. The molecule has 0 saturated heterocycles. The minimum absolute atomic E-state index is 0.0145. The van der Waals surface area contributed by atoms with E-state index in [1.165, 1.54) is 14.6 Å². The molecule has 18 heavy (non-hydrogen) atoms. The molecule has 0 aliphatic carbocycles. The number of aldehydes is 1. The Hall–Kier alpha value is -0.360. The fraction of sp³-hybridized carbons (Fsp3) is 0.154. The predicted octanol–water partition coefficient (Wildman–Crippen LogP) is 5.49. The van der Waals surface area contributed by atoms with Crippen LogP contribution < -0.4 is 0 Å². The van der Waals surface area contributed by atoms with Crippen LogP contribution in [0.25, 0.3) is 9.75 Å². The first-order valence-electron chi connectivity index (χ1n) is 5.39. The van der Waals surface area contributed by atoms with Gasteiger partial charge in [0, 0.05) is 14.6 Å². The average Bonchev–Trinajstić information content (AvgIpc) is 3.08. The van der Waals surface area contributed by atoms with Crippen molar-refractivity contribution in [1.29, 1.82) is 0 Å². The van der Waals surface area contributed by atoms with E-state index in [9.17, 15) is 4.79 Å². The fourth-order valence-corrected chi connectivity index (χ4v) is 5.63. The zero-order chi connectivity index (χ0) is 12.6. The Kier molecular flexibility index (Phi) is 3.49. The Balaban J connectivity index is 1.91. The maximum Gasteiger partial charge on any atom is 0.160 e. The molecule has 0 radical (unpaired) electrons. The summed E-state index contributed by atoms with van der Waals surface area (Å²) in [6, 6.07) is 8.21. The van der Waals surface area contributed by atoms with E-state index in [4.69, 9.17) is 0 Å². The van der Waals surface area contributed by atoms with Crippen LogP contribution in [-0.4, -0.2) is 6.29 Å². The maximum atomic E-state index is 10.7. The molecule has 3 rings (SSSR count). The smallest absolute Gasteiger partial charge is 0.160 e. The minimum Gasteiger partial charge on any atom is -0.297 e. The van der Waals surface area contributed by atoms with Gasteiger partial charge in [0.2, 0.25) is 0 Å². The standard InChI is InChI=1S/C13H9BrOS3/c14-13(6-1-7-16-13)12-5-4-11(18-12)10-3-2-9(8-15)17-10/h1-5,7-8H,6H2. The van der Waals surface area contributed by atoms with Crippen molar-refractivity contribution >= 4 is 56.7 Å². The first-order chi connectivity index (χ1) is 8.71. The van der Waals surface area contributed by atoms with Gasteiger partial charge in [0.1, 0.15) is 3.66 Å². The van der Waals surface area contributed by atoms with Gasteiger partial charge in [-0.1, -0.05) is 22.0 Å². The number of halogens is 1. The van der Waals surface area contributed by atoms with Gasteiger partial charge in [-0.3, -0.25) is 4.79 Å². The van der Waals surface area contributed by atoms with Crippen LogP contribution in [0.2, 0.25) is 0 Å². The largest absolute Gasteiger partial charge is 0.297 e. The quantitative estimate of drug-likeness (QED) is 0.534. The van der Waals surface area contributed by atoms with E-state index in [-0.39, 0.29) is 3.66 Å². The van der Waals surface area contributed by atoms with Gasteiger partial charge < -0.3 is 0 Å². The van der Waals surface area contributed by atoms with Gasteiger partial charge in [-0.25, -0.2) is 0 Å². The second-order valence-electron chi connectivity index (χ2n) is 3.91. The van der Waals surface area contributed by atoms with E-state index in [1.807, 2.05) is 23.9 Å². The maximum absolute atomic E-state index is 10.7. The van der Waals surface area contributed by atoms with Crippen LogP contribution in [0.3, 0.4) is 0 Å². The third-order valence-corrected chi connectivity index (χ3v) is 7.94. The summed E-state index contributed by atoms with van der Waals surface area (Å²) in [4.78, 5) is 15.2. The third kappa shape index (κ3) is 2.25. The van der Waals surface area contributed by atoms with Gasteiger partial charge >= 0.3 is 0 Å². The van der Waals surface area contributed by atoms with Crippen LogP contribution in [0.15, 0.2) is 35.7 Å². The number of allylic oxidation sites excluding steroid dienone is 1. The van der Waals surface area contributed by atoms with Gasteiger partial charge in [0.05, 0.1) is 4.88 Å². The number of hydrogen-bond donors (Lipinski definition) is 0. The van der Waals surface area contributed by atoms with Crippen molar-refractivity contribution < 1.29 is 4.79 Å². The summed E-state index contributed by atoms with van der Waals surface area (Å²) >= 11 is 8.96. The molecule has 2 aromatic heterocycles. The van der Waals surface area contributed by atoms with E-state index in [1.54, 1.807) is 22.7 Å². The Morgan fingerprint density at radius 2 is 1.94 bits per heavy atom. The lowest BCUT2D eigenvalue weighted by Gasteiger charge is -2.17. The van der Waals surface area contributed by atoms with E-state index < -0.39 is 0 Å². The summed E-state index contributed by atoms with van der Waals surface area (Å²) in [5, 5.41) is 2.14. The topological polar surface area (TPSA) is 17.1 Å². The van der Waals surface area contributed by atoms with Crippen molar-refractivity contribution in [2.75, 3.05) is 0 Å². The number of carbonyl (C=O) groups is 1. The predicted molar refractivity (Wildman–Crippen MR) is 85.0 cm³/mol. The lowest BCUT2D eigenvalue weighted by molar-refractivity contribution is 0.112. The van der Waals surface area contributed by atoms with Gasteiger partial charge in [-0.2, -0.15) is 0 Å². The summed E-state index contributed by atoms with van der Waals surface area (Å²) in [6.07, 6.45) is 4.11. The summed E-state index contributed by atoms with van der Waals surface area (Å²) in [6.45, 7) is 0. The first-order valence-corrected chi connectivity index (χ1v) is 8.69. The summed E-state index contributed by atoms with van der Waals surface area (Å²) < 4.78 is 0.0145. The van der Waals surface area contributed by atoms with Crippen LogP contribution in [0.4, 0.5) is 0 Å². The Morgan fingerprint density at radius 1 is 1.17 bits per heavy atom. The molecule has 1 nitrogen and oxygen atoms in total. The fourth-order valence-electron chi connectivity index (χ4n) is 1.78. The number of alkyl halides is 1. The minimum atomic E-state index is 0.0145. The van der Waals surface area contributed by atoms with Gasteiger partial charge in [0.15, 0.2) is 6.29 Å². The van der Waals surface area contributed by atoms with Crippen molar-refractivity contribution in [3.63, 3.8) is 0 Å². The molecule has 0 fully saturated rings. The molecule has 0 aromatic carbocycles. The van der Waals surface area contributed by atoms with Crippen LogP contribution in [0, 0.1) is 0 Å². The van der Waals surface area contributed by atoms with E-state index in [0.717, 1.165) is 17.6 Å². The van der Waals surface area contributed by atoms with Gasteiger partial charge in [0.25, 0.3) is 0 Å². The molecule has 1 unspecified atom stereocenters. The molecular weight excluding hydrogens is 348 g/mol. The molecule has 5 heteroatoms. The Morgan fingerprint density at radius 3 is 2.61 bits per heavy atom. The summed E-state index contributed by atoms with van der Waals surface area (Å²) in [5.41, 5.74) is 0. The highest BCUT2D eigenvalue weighted by Gasteiger charge is 2.32. The SMILES string of the molecule is O=Cc1ccc(-c2ccc(C3(Br)CC=CS3)s2)s1. The molecule has 1 aliphatic heterocycles. The van der Waals surface area contributed by atoms with Crippen molar-refractivity contribution in [3.8, 4) is 9.75 Å². The highest BCUT2D eigenvalue weighted by Crippen LogP contribution is 2.53. The molecular formula is C13H9BrOS3. The average molecular weight is 357 g/mol. The van der Waals surface area contributed by atoms with Crippen LogP contribution in [0.5, 0.6) is 0 Å². The Labute approximate surface area is 126 Å². The highest BCUT2D eigenvalue weighted by atomic mass is 79.9. The Bertz CT molecular complexity index is 603. The number of carbonyl (C=O) groups excluding carboxylic acids is 1. The van der Waals surface area contributed by atoms with Crippen LogP contribution >= 0.6 is 50.4 Å². The van der Waals surface area contributed by atoms with Crippen molar-refractivity contribution in [3.05, 3.63) is 45.5 Å². The number of rotatable bonds is 3. The molecule has 0 spiro atoms. The molecule has 1 atom stereocenters. The molecule has 0 bridgehead atoms. The van der Waals surface area contributed by atoms with Crippen LogP contribution in [-0.2, 0) is 3.66 Å². The molecule has 3 heterocycles. The molecule has 0 amide bonds. The molecule has 1 aliphatic rings. The van der Waals surface area contributed by atoms with E-state index in [2.05, 4.69) is 39.5 Å². The highest BCUT2D eigenvalue weighted by molar-refractivity contribution is 9.11. The number of hydrogen-bond acceptors (Lipinski definition) is 4. The summed E-state index contributed by atoms with van der Waals surface area (Å²) in [7, 11) is 0. The van der Waals surface area contributed by atoms with Crippen molar-refractivity contribution in [2.45, 2.75) is 10.1 Å². The lowest BCUT2D eigenvalue weighted by atomic mass is 10.2. The van der Waals surface area contributed by atoms with Gasteiger partial charge in [-0.05, 0) is 36.1 Å². The number of thioether (sulfide) groups is 1. The monoisotopic (exact) mass is 356 g/mol. The second-order valence-corrected chi connectivity index (χ2v) is 9.19. The molecule has 92 valence electrons. The zero-order valence-corrected chi connectivity index (χ0v) is 13.3. The lowest BCUT2D eigenvalue weighted by Crippen LogP contribution is -2.05. The van der Waals surface area contributed by atoms with Gasteiger partial charge in [-0.15, -0.1) is 34.4 Å². The zero-order valence-electron chi connectivity index (χ0n) is 9.26. The van der Waals surface area contributed by atoms with E-state index in [0.29, 0.717) is 0 Å². The molecule has 2 aromatic rings. The van der Waals surface area contributed by atoms with Crippen molar-refractivity contribution in [2.24, 2.45) is 0 Å². The van der Waals surface area contributed by atoms with Crippen molar-refractivity contribution in [1.82, 2.24) is 0 Å². The molecule has 0 saturated carbocycles. The normalized spacial score (nSPS) is 22.5. The first kappa shape index (κ1) is 12.7. The van der Waals surface area contributed by atoms with Crippen LogP contribution in [0.1, 0.15) is 21.0 Å². The second kappa shape index (κ2) is 4.96. The summed E-state index contributed by atoms with van der Waals surface area (Å²) in [5.74, 6) is 0. The van der Waals surface area contributed by atoms with E-state index >= 15 is 0 Å². The number of thiophene rings is 2. The third-order valence-electron chi connectivity index (χ3n) is 2.69.